The molecule has 1 aromatic carbocycles. The molecule has 0 unspecified atom stereocenters. The number of piperidine rings is 1. The van der Waals surface area contributed by atoms with Crippen molar-refractivity contribution in [1.82, 2.24) is 10.6 Å². The van der Waals surface area contributed by atoms with Crippen molar-refractivity contribution < 1.29 is 4.79 Å². The molecule has 98 valence electrons. The van der Waals surface area contributed by atoms with Gasteiger partial charge in [-0.05, 0) is 44.0 Å². The van der Waals surface area contributed by atoms with E-state index >= 15 is 0 Å². The molecule has 1 saturated heterocycles. The van der Waals surface area contributed by atoms with Gasteiger partial charge in [0.05, 0.1) is 12.1 Å². The largest absolute Gasteiger partial charge is 0.348 e. The van der Waals surface area contributed by atoms with Gasteiger partial charge in [-0.1, -0.05) is 30.2 Å². The fourth-order valence-corrected chi connectivity index (χ4v) is 2.45. The van der Waals surface area contributed by atoms with Crippen LogP contribution in [0.2, 0.25) is 5.02 Å². The Hall–Kier alpha value is -1.06. The van der Waals surface area contributed by atoms with E-state index in [-0.39, 0.29) is 18.0 Å². The average molecular weight is 267 g/mol. The second kappa shape index (κ2) is 6.21. The third-order valence-corrected chi connectivity index (χ3v) is 3.57. The van der Waals surface area contributed by atoms with E-state index < -0.39 is 0 Å². The fourth-order valence-electron chi connectivity index (χ4n) is 2.25. The number of carbonyl (C=O) groups excluding carboxylic acids is 1. The van der Waals surface area contributed by atoms with E-state index in [0.717, 1.165) is 31.4 Å². The molecule has 2 N–H and O–H groups in total. The van der Waals surface area contributed by atoms with Crippen LogP contribution in [0.25, 0.3) is 0 Å². The highest BCUT2D eigenvalue weighted by Gasteiger charge is 2.21. The van der Waals surface area contributed by atoms with Gasteiger partial charge in [0.1, 0.15) is 0 Å². The summed E-state index contributed by atoms with van der Waals surface area (Å²) >= 11 is 5.95. The molecule has 0 aromatic heterocycles. The minimum Gasteiger partial charge on any atom is -0.348 e. The van der Waals surface area contributed by atoms with Crippen LogP contribution in [0, 0.1) is 0 Å². The van der Waals surface area contributed by atoms with E-state index in [1.54, 1.807) is 0 Å². The Bertz CT molecular complexity index is 416. The molecule has 4 heteroatoms. The summed E-state index contributed by atoms with van der Waals surface area (Å²) < 4.78 is 0. The lowest BCUT2D eigenvalue weighted by molar-refractivity contribution is -0.124. The molecule has 1 amide bonds. The molecule has 2 atom stereocenters. The first-order chi connectivity index (χ1) is 8.66. The number of benzene rings is 1. The number of halogens is 1. The van der Waals surface area contributed by atoms with E-state index in [4.69, 9.17) is 11.6 Å². The fraction of sp³-hybridized carbons (Fsp3) is 0.500. The van der Waals surface area contributed by atoms with Gasteiger partial charge in [-0.3, -0.25) is 4.79 Å². The van der Waals surface area contributed by atoms with Gasteiger partial charge in [0.25, 0.3) is 0 Å². The Kier molecular flexibility index (Phi) is 4.61. The van der Waals surface area contributed by atoms with Crippen molar-refractivity contribution in [2.45, 2.75) is 38.3 Å². The molecule has 0 aliphatic carbocycles. The van der Waals surface area contributed by atoms with Crippen molar-refractivity contribution in [2.75, 3.05) is 6.54 Å². The lowest BCUT2D eigenvalue weighted by Gasteiger charge is -2.24. The second-order valence-electron chi connectivity index (χ2n) is 4.79. The van der Waals surface area contributed by atoms with Crippen LogP contribution in [0.3, 0.4) is 0 Å². The second-order valence-corrected chi connectivity index (χ2v) is 5.22. The Labute approximate surface area is 113 Å². The molecule has 1 aliphatic heterocycles. The number of carbonyl (C=O) groups is 1. The Balaban J connectivity index is 1.94. The van der Waals surface area contributed by atoms with Gasteiger partial charge in [-0.25, -0.2) is 0 Å². The predicted molar refractivity (Wildman–Crippen MR) is 73.7 cm³/mol. The lowest BCUT2D eigenvalue weighted by Crippen LogP contribution is -2.47. The molecule has 18 heavy (non-hydrogen) atoms. The molecule has 0 spiro atoms. The molecular formula is C14H19ClN2O. The molecule has 1 aliphatic rings. The molecule has 1 heterocycles. The summed E-state index contributed by atoms with van der Waals surface area (Å²) in [6.45, 7) is 2.91. The Morgan fingerprint density at radius 2 is 2.33 bits per heavy atom. The maximum atomic E-state index is 12.1. The topological polar surface area (TPSA) is 41.1 Å². The highest BCUT2D eigenvalue weighted by atomic mass is 35.5. The normalized spacial score (nSPS) is 21.3. The number of hydrogen-bond acceptors (Lipinski definition) is 2. The molecule has 0 radical (unpaired) electrons. The third kappa shape index (κ3) is 3.47. The monoisotopic (exact) mass is 266 g/mol. The van der Waals surface area contributed by atoms with Gasteiger partial charge in [-0.2, -0.15) is 0 Å². The van der Waals surface area contributed by atoms with Gasteiger partial charge in [-0.15, -0.1) is 0 Å². The number of amides is 1. The zero-order chi connectivity index (χ0) is 13.0. The van der Waals surface area contributed by atoms with Gasteiger partial charge in [0.2, 0.25) is 5.91 Å². The van der Waals surface area contributed by atoms with Crippen molar-refractivity contribution in [3.8, 4) is 0 Å². The standard InChI is InChI=1S/C14H19ClN2O/c1-10(11-5-4-6-12(15)9-11)17-14(18)13-7-2-3-8-16-13/h4-6,9-10,13,16H,2-3,7-8H2,1H3,(H,17,18)/t10-,13-/m1/s1. The molecular weight excluding hydrogens is 248 g/mol. The molecule has 0 bridgehead atoms. The van der Waals surface area contributed by atoms with E-state index in [1.807, 2.05) is 31.2 Å². The van der Waals surface area contributed by atoms with Crippen molar-refractivity contribution in [3.63, 3.8) is 0 Å². The van der Waals surface area contributed by atoms with Crippen molar-refractivity contribution >= 4 is 17.5 Å². The Morgan fingerprint density at radius 1 is 1.50 bits per heavy atom. The minimum atomic E-state index is -0.0413. The molecule has 3 nitrogen and oxygen atoms in total. The zero-order valence-corrected chi connectivity index (χ0v) is 11.3. The zero-order valence-electron chi connectivity index (χ0n) is 10.6. The highest BCUT2D eigenvalue weighted by Crippen LogP contribution is 2.18. The Morgan fingerprint density at radius 3 is 3.00 bits per heavy atom. The SMILES string of the molecule is C[C@@H](NC(=O)[C@H]1CCCCN1)c1cccc(Cl)c1. The summed E-state index contributed by atoms with van der Waals surface area (Å²) in [5.41, 5.74) is 1.03. The maximum absolute atomic E-state index is 12.1. The van der Waals surface area contributed by atoms with Gasteiger partial charge in [0, 0.05) is 5.02 Å². The third-order valence-electron chi connectivity index (χ3n) is 3.33. The van der Waals surface area contributed by atoms with Crippen LogP contribution in [0.1, 0.15) is 37.8 Å². The van der Waals surface area contributed by atoms with E-state index in [2.05, 4.69) is 10.6 Å². The summed E-state index contributed by atoms with van der Waals surface area (Å²) in [6, 6.07) is 7.55. The van der Waals surface area contributed by atoms with Crippen LogP contribution in [0.4, 0.5) is 0 Å². The average Bonchev–Trinajstić information content (AvgIpc) is 2.39. The van der Waals surface area contributed by atoms with Crippen LogP contribution in [-0.4, -0.2) is 18.5 Å². The summed E-state index contributed by atoms with van der Waals surface area (Å²) in [5.74, 6) is 0.0853. The minimum absolute atomic E-state index is 0.0140. The van der Waals surface area contributed by atoms with E-state index in [1.165, 1.54) is 0 Å². The predicted octanol–water partition coefficient (Wildman–Crippen LogP) is 2.66. The molecule has 0 saturated carbocycles. The quantitative estimate of drug-likeness (QED) is 0.883. The van der Waals surface area contributed by atoms with Crippen LogP contribution >= 0.6 is 11.6 Å². The molecule has 1 aromatic rings. The summed E-state index contributed by atoms with van der Waals surface area (Å²) in [5, 5.41) is 6.98. The smallest absolute Gasteiger partial charge is 0.237 e. The van der Waals surface area contributed by atoms with Crippen LogP contribution in [0.5, 0.6) is 0 Å². The van der Waals surface area contributed by atoms with Gasteiger partial charge < -0.3 is 10.6 Å². The summed E-state index contributed by atoms with van der Waals surface area (Å²) in [4.78, 5) is 12.1. The molecule has 1 fully saturated rings. The first-order valence-electron chi connectivity index (χ1n) is 6.46. The van der Waals surface area contributed by atoms with Crippen molar-refractivity contribution in [1.29, 1.82) is 0 Å². The van der Waals surface area contributed by atoms with Crippen LogP contribution < -0.4 is 10.6 Å². The van der Waals surface area contributed by atoms with Crippen molar-refractivity contribution in [3.05, 3.63) is 34.9 Å². The summed E-state index contributed by atoms with van der Waals surface area (Å²) in [6.07, 6.45) is 3.21. The summed E-state index contributed by atoms with van der Waals surface area (Å²) in [7, 11) is 0. The van der Waals surface area contributed by atoms with Crippen LogP contribution in [0.15, 0.2) is 24.3 Å². The van der Waals surface area contributed by atoms with Gasteiger partial charge >= 0.3 is 0 Å². The molecule has 2 rings (SSSR count). The van der Waals surface area contributed by atoms with Crippen molar-refractivity contribution in [2.24, 2.45) is 0 Å². The number of nitrogens with one attached hydrogen (secondary N) is 2. The maximum Gasteiger partial charge on any atom is 0.237 e. The number of rotatable bonds is 3. The van der Waals surface area contributed by atoms with Crippen LogP contribution in [-0.2, 0) is 4.79 Å². The first kappa shape index (κ1) is 13.4. The highest BCUT2D eigenvalue weighted by molar-refractivity contribution is 6.30. The van der Waals surface area contributed by atoms with E-state index in [0.29, 0.717) is 5.02 Å². The van der Waals surface area contributed by atoms with Gasteiger partial charge in [0.15, 0.2) is 0 Å². The lowest BCUT2D eigenvalue weighted by atomic mass is 10.0. The van der Waals surface area contributed by atoms with E-state index in [9.17, 15) is 4.79 Å². The number of hydrogen-bond donors (Lipinski definition) is 2. The first-order valence-corrected chi connectivity index (χ1v) is 6.84.